The Bertz CT molecular complexity index is 391. The van der Waals surface area contributed by atoms with E-state index in [2.05, 4.69) is 0 Å². The number of methoxy groups -OCH3 is 1. The van der Waals surface area contributed by atoms with Crippen molar-refractivity contribution in [1.29, 1.82) is 10.5 Å². The summed E-state index contributed by atoms with van der Waals surface area (Å²) in [6.07, 6.45) is 0.716. The summed E-state index contributed by atoms with van der Waals surface area (Å²) in [5.74, 6) is -0.752. The second-order valence-electron chi connectivity index (χ2n) is 4.98. The van der Waals surface area contributed by atoms with Crippen LogP contribution in [0.1, 0.15) is 37.7 Å². The van der Waals surface area contributed by atoms with E-state index in [1.165, 1.54) is 0 Å². The minimum absolute atomic E-state index is 0.459. The zero-order valence-electron chi connectivity index (χ0n) is 12.4. The molecule has 1 saturated carbocycles. The first-order chi connectivity index (χ1) is 8.08. The maximum atomic E-state index is 9.08. The quantitative estimate of drug-likeness (QED) is 0.702. The molecule has 3 nitrogen and oxygen atoms in total. The Balaban J connectivity index is 3.03. The van der Waals surface area contributed by atoms with Crippen molar-refractivity contribution in [2.75, 3.05) is 7.04 Å². The smallest absolute Gasteiger partial charge is 0.139 e. The second kappa shape index (κ2) is 3.83. The van der Waals surface area contributed by atoms with E-state index in [1.807, 2.05) is 32.9 Å². The highest BCUT2D eigenvalue weighted by Gasteiger charge is 2.56. The monoisotopic (exact) mass is 209 g/mol. The maximum Gasteiger partial charge on any atom is 0.139 e. The molecule has 0 spiro atoms. The number of hydrogen-bond acceptors (Lipinski definition) is 3. The molecule has 82 valence electrons. The van der Waals surface area contributed by atoms with Crippen LogP contribution in [-0.2, 0) is 4.74 Å². The van der Waals surface area contributed by atoms with E-state index < -0.39 is 29.9 Å². The molecule has 2 unspecified atom stereocenters. The summed E-state index contributed by atoms with van der Waals surface area (Å²) in [5.41, 5.74) is -1.08. The summed E-state index contributed by atoms with van der Waals surface area (Å²) in [7, 11) is -2.44. The van der Waals surface area contributed by atoms with Crippen LogP contribution >= 0.6 is 0 Å². The third kappa shape index (κ3) is 1.52. The summed E-state index contributed by atoms with van der Waals surface area (Å²) in [5, 5.41) is 18.2. The van der Waals surface area contributed by atoms with Crippen molar-refractivity contribution >= 4 is 0 Å². The van der Waals surface area contributed by atoms with E-state index in [0.717, 1.165) is 0 Å². The standard InChI is InChI=1S/C12H18N2O/c1-11(2)10(15-4)5-6-12(11,3)9(7-13)8-14/h9-10H,5-6H2,1-4H3/i4D3. The minimum Gasteiger partial charge on any atom is -0.381 e. The molecule has 2 atom stereocenters. The van der Waals surface area contributed by atoms with Crippen molar-refractivity contribution in [3.8, 4) is 12.1 Å². The van der Waals surface area contributed by atoms with E-state index in [4.69, 9.17) is 19.4 Å². The van der Waals surface area contributed by atoms with Crippen molar-refractivity contribution in [1.82, 2.24) is 0 Å². The highest BCUT2D eigenvalue weighted by atomic mass is 16.5. The van der Waals surface area contributed by atoms with E-state index in [9.17, 15) is 0 Å². The molecule has 1 rings (SSSR count). The fraction of sp³-hybridized carbons (Fsp3) is 0.833. The first-order valence-electron chi connectivity index (χ1n) is 6.55. The van der Waals surface area contributed by atoms with Gasteiger partial charge in [0.2, 0.25) is 0 Å². The molecular formula is C12H18N2O. The molecular weight excluding hydrogens is 188 g/mol. The van der Waals surface area contributed by atoms with Crippen LogP contribution in [0.5, 0.6) is 0 Å². The van der Waals surface area contributed by atoms with Crippen LogP contribution in [0.4, 0.5) is 0 Å². The molecule has 0 aromatic carbocycles. The van der Waals surface area contributed by atoms with Gasteiger partial charge < -0.3 is 4.74 Å². The van der Waals surface area contributed by atoms with E-state index >= 15 is 0 Å². The van der Waals surface area contributed by atoms with Crippen molar-refractivity contribution in [3.05, 3.63) is 0 Å². The fourth-order valence-corrected chi connectivity index (χ4v) is 2.52. The molecule has 0 heterocycles. The van der Waals surface area contributed by atoms with E-state index in [-0.39, 0.29) is 0 Å². The Morgan fingerprint density at radius 2 is 2.00 bits per heavy atom. The van der Waals surface area contributed by atoms with Crippen molar-refractivity contribution in [2.45, 2.75) is 39.7 Å². The SMILES string of the molecule is [2H]C([2H])([2H])OC1CCC(C)(C(C#N)C#N)C1(C)C. The van der Waals surface area contributed by atoms with Gasteiger partial charge in [0, 0.05) is 12.5 Å². The Labute approximate surface area is 95.9 Å². The van der Waals surface area contributed by atoms with Gasteiger partial charge >= 0.3 is 0 Å². The Morgan fingerprint density at radius 3 is 2.47 bits per heavy atom. The molecule has 0 saturated heterocycles. The van der Waals surface area contributed by atoms with Crippen molar-refractivity contribution in [3.63, 3.8) is 0 Å². The summed E-state index contributed by atoms with van der Waals surface area (Å²) < 4.78 is 26.7. The summed E-state index contributed by atoms with van der Waals surface area (Å²) in [4.78, 5) is 0. The zero-order valence-corrected chi connectivity index (χ0v) is 9.37. The molecule has 0 aliphatic heterocycles. The Kier molecular flexibility index (Phi) is 2.08. The molecule has 1 fully saturated rings. The highest BCUT2D eigenvalue weighted by molar-refractivity contribution is 5.16. The predicted octanol–water partition coefficient (Wildman–Crippen LogP) is 2.49. The summed E-state index contributed by atoms with van der Waals surface area (Å²) >= 11 is 0. The van der Waals surface area contributed by atoms with Crippen LogP contribution < -0.4 is 0 Å². The minimum atomic E-state index is -2.44. The number of rotatable bonds is 2. The van der Waals surface area contributed by atoms with Gasteiger partial charge in [-0.15, -0.1) is 0 Å². The number of nitriles is 2. The molecule has 0 amide bonds. The number of ether oxygens (including phenoxy) is 1. The first kappa shape index (κ1) is 8.13. The third-order valence-electron chi connectivity index (χ3n) is 4.24. The average molecular weight is 209 g/mol. The van der Waals surface area contributed by atoms with E-state index in [0.29, 0.717) is 12.8 Å². The molecule has 0 aromatic rings. The third-order valence-corrected chi connectivity index (χ3v) is 4.24. The molecule has 0 aromatic heterocycles. The van der Waals surface area contributed by atoms with Crippen LogP contribution in [0, 0.1) is 39.4 Å². The average Bonchev–Trinajstić information content (AvgIpc) is 2.43. The van der Waals surface area contributed by atoms with Crippen LogP contribution in [0.25, 0.3) is 0 Å². The first-order valence-corrected chi connectivity index (χ1v) is 5.05. The Morgan fingerprint density at radius 1 is 1.40 bits per heavy atom. The highest BCUT2D eigenvalue weighted by Crippen LogP contribution is 2.57. The lowest BCUT2D eigenvalue weighted by atomic mass is 9.62. The van der Waals surface area contributed by atoms with Gasteiger partial charge in [-0.2, -0.15) is 10.5 Å². The zero-order chi connectivity index (χ0) is 14.2. The fourth-order valence-electron chi connectivity index (χ4n) is 2.52. The number of hydrogen-bond donors (Lipinski definition) is 0. The maximum absolute atomic E-state index is 9.08. The van der Waals surface area contributed by atoms with Crippen LogP contribution in [0.15, 0.2) is 0 Å². The molecule has 15 heavy (non-hydrogen) atoms. The lowest BCUT2D eigenvalue weighted by Crippen LogP contribution is -2.42. The summed E-state index contributed by atoms with van der Waals surface area (Å²) in [6, 6.07) is 4.03. The van der Waals surface area contributed by atoms with Gasteiger partial charge in [0.05, 0.1) is 22.4 Å². The van der Waals surface area contributed by atoms with Crippen LogP contribution in [0.2, 0.25) is 0 Å². The molecule has 0 radical (unpaired) electrons. The van der Waals surface area contributed by atoms with Crippen LogP contribution in [-0.4, -0.2) is 13.1 Å². The van der Waals surface area contributed by atoms with Crippen molar-refractivity contribution < 1.29 is 8.85 Å². The Hall–Kier alpha value is -1.06. The molecule has 0 bridgehead atoms. The summed E-state index contributed by atoms with van der Waals surface area (Å²) in [6.45, 7) is 5.61. The van der Waals surface area contributed by atoms with Gasteiger partial charge in [-0.3, -0.25) is 0 Å². The molecule has 1 aliphatic rings. The molecule has 0 N–H and O–H groups in total. The van der Waals surface area contributed by atoms with Crippen molar-refractivity contribution in [2.24, 2.45) is 16.7 Å². The largest absolute Gasteiger partial charge is 0.381 e. The predicted molar refractivity (Wildman–Crippen MR) is 56.6 cm³/mol. The van der Waals surface area contributed by atoms with Gasteiger partial charge in [-0.1, -0.05) is 20.8 Å². The topological polar surface area (TPSA) is 56.8 Å². The second-order valence-corrected chi connectivity index (χ2v) is 4.98. The van der Waals surface area contributed by atoms with Gasteiger partial charge in [0.15, 0.2) is 0 Å². The van der Waals surface area contributed by atoms with E-state index in [1.54, 1.807) is 0 Å². The van der Waals surface area contributed by atoms with Gasteiger partial charge in [-0.25, -0.2) is 0 Å². The lowest BCUT2D eigenvalue weighted by Gasteiger charge is -2.41. The number of nitrogens with zero attached hydrogens (tertiary/aromatic N) is 2. The lowest BCUT2D eigenvalue weighted by molar-refractivity contribution is -0.0254. The van der Waals surface area contributed by atoms with Crippen LogP contribution in [0.3, 0.4) is 0 Å². The molecule has 3 heteroatoms. The van der Waals surface area contributed by atoms with Gasteiger partial charge in [0.1, 0.15) is 5.92 Å². The molecule has 1 aliphatic carbocycles. The van der Waals surface area contributed by atoms with Gasteiger partial charge in [0.25, 0.3) is 0 Å². The normalized spacial score (nSPS) is 37.5. The van der Waals surface area contributed by atoms with Gasteiger partial charge in [-0.05, 0) is 18.3 Å².